The van der Waals surface area contributed by atoms with Gasteiger partial charge in [0.25, 0.3) is 11.7 Å². The van der Waals surface area contributed by atoms with Crippen molar-refractivity contribution in [2.24, 2.45) is 5.92 Å². The first-order valence-corrected chi connectivity index (χ1v) is 10.5. The molecule has 1 atom stereocenters. The highest BCUT2D eigenvalue weighted by Gasteiger charge is 2.46. The van der Waals surface area contributed by atoms with E-state index in [1.165, 1.54) is 4.90 Å². The van der Waals surface area contributed by atoms with E-state index in [1.54, 1.807) is 42.7 Å². The monoisotopic (exact) mass is 424 g/mol. The molecule has 0 radical (unpaired) electrons. The molecule has 1 amide bonds. The van der Waals surface area contributed by atoms with E-state index in [1.807, 2.05) is 20.2 Å². The number of nitrogens with zero attached hydrogens (tertiary/aromatic N) is 2. The maximum Gasteiger partial charge on any atom is 0.295 e. The van der Waals surface area contributed by atoms with Crippen LogP contribution in [0.2, 0.25) is 0 Å². The van der Waals surface area contributed by atoms with E-state index in [4.69, 9.17) is 4.74 Å². The first-order chi connectivity index (χ1) is 14.8. The Morgan fingerprint density at radius 2 is 1.90 bits per heavy atom. The average Bonchev–Trinajstić information content (AvgIpc) is 3.01. The summed E-state index contributed by atoms with van der Waals surface area (Å²) in [7, 11) is 3.97. The summed E-state index contributed by atoms with van der Waals surface area (Å²) in [6, 6.07) is 9.79. The number of Topliss-reactive ketones (excluding diaryl/α,β-unsaturated/α-hetero) is 1. The van der Waals surface area contributed by atoms with Crippen LogP contribution in [0.1, 0.15) is 31.0 Å². The number of aliphatic hydroxyl groups is 1. The van der Waals surface area contributed by atoms with Crippen molar-refractivity contribution >= 4 is 17.4 Å². The van der Waals surface area contributed by atoms with Gasteiger partial charge >= 0.3 is 0 Å². The number of likely N-dealkylation sites (N-methyl/N-ethyl adjacent to an activating group) is 1. The number of nitrogens with one attached hydrogen (secondary N) is 1. The molecule has 1 aromatic heterocycles. The molecule has 164 valence electrons. The fourth-order valence-corrected chi connectivity index (χ4v) is 3.47. The van der Waals surface area contributed by atoms with Gasteiger partial charge in [0.1, 0.15) is 11.5 Å². The third-order valence-electron chi connectivity index (χ3n) is 5.10. The van der Waals surface area contributed by atoms with E-state index < -0.39 is 17.7 Å². The quantitative estimate of drug-likeness (QED) is 0.383. The van der Waals surface area contributed by atoms with E-state index in [-0.39, 0.29) is 11.3 Å². The second kappa shape index (κ2) is 9.75. The zero-order chi connectivity index (χ0) is 22.5. The number of ketones is 1. The zero-order valence-electron chi connectivity index (χ0n) is 18.5. The zero-order valence-corrected chi connectivity index (χ0v) is 18.5. The number of hydrogen-bond donors (Lipinski definition) is 2. The number of pyridine rings is 1. The molecule has 1 aliphatic heterocycles. The van der Waals surface area contributed by atoms with Gasteiger partial charge in [-0.25, -0.2) is 0 Å². The highest BCUT2D eigenvalue weighted by Crippen LogP contribution is 2.38. The third-order valence-corrected chi connectivity index (χ3v) is 5.10. The van der Waals surface area contributed by atoms with Crippen molar-refractivity contribution in [1.82, 2.24) is 9.88 Å². The van der Waals surface area contributed by atoms with Crippen LogP contribution in [0.15, 0.2) is 54.4 Å². The fraction of sp³-hybridized carbons (Fsp3) is 0.375. The molecule has 2 N–H and O–H groups in total. The molecule has 0 spiro atoms. The molecule has 3 rings (SSSR count). The highest BCUT2D eigenvalue weighted by atomic mass is 16.5. The smallest absolute Gasteiger partial charge is 0.295 e. The second-order valence-corrected chi connectivity index (χ2v) is 8.47. The van der Waals surface area contributed by atoms with Crippen LogP contribution in [0.5, 0.6) is 5.75 Å². The maximum atomic E-state index is 12.9. The van der Waals surface area contributed by atoms with Gasteiger partial charge in [-0.15, -0.1) is 0 Å². The van der Waals surface area contributed by atoms with Crippen LogP contribution in [-0.4, -0.2) is 60.5 Å². The number of carbonyl (C=O) groups excluding carboxylic acids is 2. The molecule has 7 heteroatoms. The number of amides is 1. The fourth-order valence-electron chi connectivity index (χ4n) is 3.47. The Bertz CT molecular complexity index is 953. The lowest BCUT2D eigenvalue weighted by Crippen LogP contribution is -3.06. The SMILES string of the molecule is CC(C)COc1ccc(C(O)=C2C(=O)C(=O)N(CC[NH+](C)C)[C@@H]2c2cccnc2)cc1. The van der Waals surface area contributed by atoms with E-state index in [0.29, 0.717) is 42.5 Å². The van der Waals surface area contributed by atoms with E-state index >= 15 is 0 Å². The molecule has 0 unspecified atom stereocenters. The number of carbonyl (C=O) groups is 2. The van der Waals surface area contributed by atoms with Crippen LogP contribution in [0.3, 0.4) is 0 Å². The van der Waals surface area contributed by atoms with Crippen LogP contribution in [0.4, 0.5) is 0 Å². The number of quaternary nitrogens is 1. The van der Waals surface area contributed by atoms with Gasteiger partial charge in [-0.05, 0) is 41.8 Å². The van der Waals surface area contributed by atoms with Gasteiger partial charge in [0.2, 0.25) is 0 Å². The summed E-state index contributed by atoms with van der Waals surface area (Å²) in [4.78, 5) is 32.6. The van der Waals surface area contributed by atoms with E-state index in [0.717, 1.165) is 4.90 Å². The van der Waals surface area contributed by atoms with Crippen molar-refractivity contribution in [3.05, 3.63) is 65.5 Å². The maximum absolute atomic E-state index is 12.9. The molecular formula is C24H30N3O4+. The summed E-state index contributed by atoms with van der Waals surface area (Å²) < 4.78 is 5.69. The molecule has 1 aliphatic rings. The van der Waals surface area contributed by atoms with Crippen LogP contribution >= 0.6 is 0 Å². The Hall–Kier alpha value is -3.19. The Morgan fingerprint density at radius 3 is 2.48 bits per heavy atom. The second-order valence-electron chi connectivity index (χ2n) is 8.47. The number of aliphatic hydroxyl groups excluding tert-OH is 1. The Morgan fingerprint density at radius 1 is 1.19 bits per heavy atom. The van der Waals surface area contributed by atoms with Gasteiger partial charge < -0.3 is 19.6 Å². The Balaban J connectivity index is 2.00. The molecule has 2 heterocycles. The summed E-state index contributed by atoms with van der Waals surface area (Å²) >= 11 is 0. The van der Waals surface area contributed by atoms with Crippen molar-refractivity contribution in [3.63, 3.8) is 0 Å². The molecule has 2 aromatic rings. The summed E-state index contributed by atoms with van der Waals surface area (Å²) in [6.07, 6.45) is 3.26. The summed E-state index contributed by atoms with van der Waals surface area (Å²) in [5, 5.41) is 11.1. The lowest BCUT2D eigenvalue weighted by Gasteiger charge is -2.25. The molecule has 31 heavy (non-hydrogen) atoms. The first kappa shape index (κ1) is 22.5. The molecule has 0 saturated carbocycles. The average molecular weight is 425 g/mol. The van der Waals surface area contributed by atoms with Crippen molar-refractivity contribution in [1.29, 1.82) is 0 Å². The predicted molar refractivity (Wildman–Crippen MR) is 118 cm³/mol. The number of ether oxygens (including phenoxy) is 1. The van der Waals surface area contributed by atoms with Crippen molar-refractivity contribution in [2.45, 2.75) is 19.9 Å². The van der Waals surface area contributed by atoms with Crippen molar-refractivity contribution in [3.8, 4) is 5.75 Å². The number of rotatable bonds is 8. The molecule has 1 aromatic carbocycles. The first-order valence-electron chi connectivity index (χ1n) is 10.5. The minimum absolute atomic E-state index is 0.0857. The Kier molecular flexibility index (Phi) is 7.07. The van der Waals surface area contributed by atoms with Crippen LogP contribution in [0.25, 0.3) is 5.76 Å². The lowest BCUT2D eigenvalue weighted by molar-refractivity contribution is -0.857. The van der Waals surface area contributed by atoms with Gasteiger partial charge in [-0.1, -0.05) is 19.9 Å². The highest BCUT2D eigenvalue weighted by molar-refractivity contribution is 6.46. The van der Waals surface area contributed by atoms with Gasteiger partial charge in [-0.3, -0.25) is 14.6 Å². The summed E-state index contributed by atoms with van der Waals surface area (Å²) in [5.41, 5.74) is 1.23. The normalized spacial score (nSPS) is 18.3. The molecule has 1 saturated heterocycles. The van der Waals surface area contributed by atoms with Gasteiger partial charge in [-0.2, -0.15) is 0 Å². The predicted octanol–water partition coefficient (Wildman–Crippen LogP) is 1.68. The van der Waals surface area contributed by atoms with Crippen LogP contribution in [-0.2, 0) is 9.59 Å². The number of hydrogen-bond acceptors (Lipinski definition) is 5. The standard InChI is InChI=1S/C24H29N3O4/c1-16(2)15-31-19-9-7-17(8-10-19)22(28)20-21(18-6-5-11-25-14-18)27(13-12-26(3)4)24(30)23(20)29/h5-11,14,16,21,28H,12-13,15H2,1-4H3/p+1/t21-/m1/s1. The molecule has 0 aliphatic carbocycles. The van der Waals surface area contributed by atoms with Gasteiger partial charge in [0.05, 0.1) is 45.4 Å². The minimum atomic E-state index is -0.680. The molecular weight excluding hydrogens is 394 g/mol. The molecule has 0 bridgehead atoms. The minimum Gasteiger partial charge on any atom is -0.507 e. The number of aromatic nitrogens is 1. The molecule has 1 fully saturated rings. The largest absolute Gasteiger partial charge is 0.507 e. The van der Waals surface area contributed by atoms with Crippen molar-refractivity contribution < 1.29 is 24.3 Å². The number of likely N-dealkylation sites (tertiary alicyclic amines) is 1. The van der Waals surface area contributed by atoms with Crippen LogP contribution in [0, 0.1) is 5.92 Å². The van der Waals surface area contributed by atoms with Gasteiger partial charge in [0.15, 0.2) is 0 Å². The topological polar surface area (TPSA) is 84.2 Å². The summed E-state index contributed by atoms with van der Waals surface area (Å²) in [5.74, 6) is -0.396. The van der Waals surface area contributed by atoms with Crippen molar-refractivity contribution in [2.75, 3.05) is 33.8 Å². The lowest BCUT2D eigenvalue weighted by atomic mass is 9.96. The number of benzene rings is 1. The molecule has 7 nitrogen and oxygen atoms in total. The Labute approximate surface area is 183 Å². The van der Waals surface area contributed by atoms with E-state index in [2.05, 4.69) is 18.8 Å². The van der Waals surface area contributed by atoms with Crippen LogP contribution < -0.4 is 9.64 Å². The van der Waals surface area contributed by atoms with E-state index in [9.17, 15) is 14.7 Å². The summed E-state index contributed by atoms with van der Waals surface area (Å²) in [6.45, 7) is 5.78. The third kappa shape index (κ3) is 5.11. The van der Waals surface area contributed by atoms with Gasteiger partial charge in [0, 0.05) is 18.0 Å².